The van der Waals surface area contributed by atoms with E-state index in [-0.39, 0.29) is 18.2 Å². The first-order valence-corrected chi connectivity index (χ1v) is 16.8. The molecule has 0 bridgehead atoms. The monoisotopic (exact) mass is 643 g/mol. The summed E-state index contributed by atoms with van der Waals surface area (Å²) in [6.45, 7) is 11.8. The Morgan fingerprint density at radius 2 is 1.45 bits per heavy atom. The van der Waals surface area contributed by atoms with Crippen LogP contribution in [0, 0.1) is 13.8 Å². The number of aryl methyl sites for hydroxylation is 2. The van der Waals surface area contributed by atoms with Gasteiger partial charge in [-0.1, -0.05) is 98.7 Å². The zero-order chi connectivity index (χ0) is 34.4. The Balaban J connectivity index is 2.07. The highest BCUT2D eigenvalue weighted by Crippen LogP contribution is 2.28. The van der Waals surface area contributed by atoms with Crippen LogP contribution in [0.25, 0.3) is 0 Å². The number of amides is 3. The normalized spacial score (nSPS) is 12.5. The number of hydrogen-bond acceptors (Lipinski definition) is 5. The topological polar surface area (TPSA) is 97.0 Å². The Morgan fingerprint density at radius 3 is 2.04 bits per heavy atom. The molecule has 2 unspecified atom stereocenters. The second-order valence-electron chi connectivity index (χ2n) is 13.2. The second-order valence-corrected chi connectivity index (χ2v) is 13.2. The summed E-state index contributed by atoms with van der Waals surface area (Å²) in [6, 6.07) is 20.7. The fourth-order valence-corrected chi connectivity index (χ4v) is 5.65. The van der Waals surface area contributed by atoms with Gasteiger partial charge in [0, 0.05) is 18.7 Å². The molecule has 3 amide bonds. The molecule has 0 heterocycles. The highest BCUT2D eigenvalue weighted by molar-refractivity contribution is 5.99. The van der Waals surface area contributed by atoms with Crippen molar-refractivity contribution in [2.24, 2.45) is 0 Å². The minimum Gasteiger partial charge on any atom is -0.497 e. The van der Waals surface area contributed by atoms with Gasteiger partial charge in [0.2, 0.25) is 5.91 Å². The van der Waals surface area contributed by atoms with E-state index in [0.29, 0.717) is 23.5 Å². The summed E-state index contributed by atoms with van der Waals surface area (Å²) < 4.78 is 10.9. The first kappa shape index (κ1) is 37.1. The number of benzene rings is 3. The van der Waals surface area contributed by atoms with Gasteiger partial charge in [-0.25, -0.2) is 4.79 Å². The highest BCUT2D eigenvalue weighted by atomic mass is 16.6. The molecule has 3 aromatic carbocycles. The molecule has 254 valence electrons. The summed E-state index contributed by atoms with van der Waals surface area (Å²) in [5, 5.41) is 5.90. The Hall–Kier alpha value is -4.33. The molecular formula is C39H53N3O5. The lowest BCUT2D eigenvalue weighted by molar-refractivity contribution is -0.140. The molecule has 0 aromatic heterocycles. The molecule has 0 aliphatic carbocycles. The number of ether oxygens (including phenoxy) is 2. The summed E-state index contributed by atoms with van der Waals surface area (Å²) in [4.78, 5) is 43.9. The molecule has 0 spiro atoms. The van der Waals surface area contributed by atoms with Crippen molar-refractivity contribution in [3.05, 3.63) is 95.1 Å². The minimum atomic E-state index is -0.963. The first-order valence-electron chi connectivity index (χ1n) is 16.8. The summed E-state index contributed by atoms with van der Waals surface area (Å²) in [6.07, 6.45) is 5.68. The Bertz CT molecular complexity index is 1410. The van der Waals surface area contributed by atoms with Crippen molar-refractivity contribution < 1.29 is 23.9 Å². The Kier molecular flexibility index (Phi) is 14.3. The molecule has 8 nitrogen and oxygen atoms in total. The maximum Gasteiger partial charge on any atom is 0.408 e. The van der Waals surface area contributed by atoms with E-state index < -0.39 is 23.8 Å². The molecule has 0 saturated carbocycles. The van der Waals surface area contributed by atoms with Gasteiger partial charge in [0.25, 0.3) is 5.91 Å². The van der Waals surface area contributed by atoms with E-state index in [9.17, 15) is 14.4 Å². The average molecular weight is 644 g/mol. The van der Waals surface area contributed by atoms with Gasteiger partial charge in [0.1, 0.15) is 23.4 Å². The fourth-order valence-electron chi connectivity index (χ4n) is 5.65. The zero-order valence-corrected chi connectivity index (χ0v) is 29.2. The van der Waals surface area contributed by atoms with Crippen LogP contribution in [0.15, 0.2) is 72.8 Å². The van der Waals surface area contributed by atoms with Crippen LogP contribution in [-0.2, 0) is 20.7 Å². The molecule has 2 N–H and O–H groups in total. The van der Waals surface area contributed by atoms with E-state index in [0.717, 1.165) is 55.2 Å². The van der Waals surface area contributed by atoms with Gasteiger partial charge in [0.05, 0.1) is 7.11 Å². The van der Waals surface area contributed by atoms with Crippen molar-refractivity contribution in [1.29, 1.82) is 0 Å². The highest BCUT2D eigenvalue weighted by Gasteiger charge is 2.36. The van der Waals surface area contributed by atoms with Crippen molar-refractivity contribution in [2.75, 3.05) is 19.0 Å². The molecule has 2 atom stereocenters. The lowest BCUT2D eigenvalue weighted by Gasteiger charge is -2.35. The van der Waals surface area contributed by atoms with Gasteiger partial charge < -0.3 is 25.0 Å². The van der Waals surface area contributed by atoms with Gasteiger partial charge in [-0.2, -0.15) is 0 Å². The summed E-state index contributed by atoms with van der Waals surface area (Å²) >= 11 is 0. The van der Waals surface area contributed by atoms with Crippen molar-refractivity contribution >= 4 is 23.6 Å². The van der Waals surface area contributed by atoms with Gasteiger partial charge in [-0.15, -0.1) is 0 Å². The third kappa shape index (κ3) is 12.4. The molecule has 0 fully saturated rings. The maximum absolute atomic E-state index is 14.8. The summed E-state index contributed by atoms with van der Waals surface area (Å²) in [7, 11) is 1.59. The van der Waals surface area contributed by atoms with E-state index in [4.69, 9.17) is 9.47 Å². The van der Waals surface area contributed by atoms with Gasteiger partial charge in [-0.05, 0) is 76.4 Å². The quantitative estimate of drug-likeness (QED) is 0.153. The van der Waals surface area contributed by atoms with Crippen LogP contribution in [-0.4, -0.2) is 48.1 Å². The van der Waals surface area contributed by atoms with Gasteiger partial charge in [0.15, 0.2) is 0 Å². The molecule has 3 aromatic rings. The van der Waals surface area contributed by atoms with Crippen LogP contribution in [0.4, 0.5) is 10.5 Å². The number of nitrogens with zero attached hydrogens (tertiary/aromatic N) is 1. The predicted molar refractivity (Wildman–Crippen MR) is 189 cm³/mol. The van der Waals surface area contributed by atoms with Crippen LogP contribution in [0.2, 0.25) is 0 Å². The number of nitrogens with one attached hydrogen (secondary N) is 2. The standard InChI is InChI=1S/C39H53N3O5/c1-8-9-10-11-12-16-23-42(37(44)34(27-30-17-14-13-15-18-30)41-38(45)47-39(4,5)6)35(31-25-28(2)24-29(3)26-31)36(43)40-32-19-21-33(46-7)22-20-32/h13-15,17-22,24-26,34-35H,8-12,16,23,27H2,1-7H3,(H,40,43)(H,41,45). The van der Waals surface area contributed by atoms with E-state index >= 15 is 0 Å². The molecule has 0 aliphatic heterocycles. The maximum atomic E-state index is 14.8. The van der Waals surface area contributed by atoms with Crippen LogP contribution in [0.5, 0.6) is 5.75 Å². The van der Waals surface area contributed by atoms with Crippen LogP contribution < -0.4 is 15.4 Å². The Morgan fingerprint density at radius 1 is 0.830 bits per heavy atom. The van der Waals surface area contributed by atoms with Crippen LogP contribution >= 0.6 is 0 Å². The average Bonchev–Trinajstić information content (AvgIpc) is 3.01. The molecule has 0 saturated heterocycles. The van der Waals surface area contributed by atoms with E-state index in [1.165, 1.54) is 0 Å². The largest absolute Gasteiger partial charge is 0.497 e. The fraction of sp³-hybridized carbons (Fsp3) is 0.462. The first-order chi connectivity index (χ1) is 22.4. The smallest absolute Gasteiger partial charge is 0.408 e. The number of alkyl carbamates (subject to hydrolysis) is 1. The molecule has 8 heteroatoms. The van der Waals surface area contributed by atoms with E-state index in [1.54, 1.807) is 57.0 Å². The molecular weight excluding hydrogens is 590 g/mol. The predicted octanol–water partition coefficient (Wildman–Crippen LogP) is 8.32. The SMILES string of the molecule is CCCCCCCCN(C(=O)C(Cc1ccccc1)NC(=O)OC(C)(C)C)C(C(=O)Nc1ccc(OC)cc1)c1cc(C)cc(C)c1. The van der Waals surface area contributed by atoms with Crippen molar-refractivity contribution in [3.8, 4) is 5.75 Å². The lowest BCUT2D eigenvalue weighted by Crippen LogP contribution is -2.53. The molecule has 47 heavy (non-hydrogen) atoms. The van der Waals surface area contributed by atoms with Crippen molar-refractivity contribution in [1.82, 2.24) is 10.2 Å². The van der Waals surface area contributed by atoms with E-state index in [1.807, 2.05) is 62.4 Å². The molecule has 3 rings (SSSR count). The van der Waals surface area contributed by atoms with Crippen molar-refractivity contribution in [3.63, 3.8) is 0 Å². The van der Waals surface area contributed by atoms with E-state index in [2.05, 4.69) is 17.6 Å². The number of methoxy groups -OCH3 is 1. The third-order valence-electron chi connectivity index (χ3n) is 7.78. The molecule has 0 aliphatic rings. The number of unbranched alkanes of at least 4 members (excludes halogenated alkanes) is 5. The van der Waals surface area contributed by atoms with Gasteiger partial charge in [-0.3, -0.25) is 9.59 Å². The summed E-state index contributed by atoms with van der Waals surface area (Å²) in [5.41, 5.74) is 3.41. The minimum absolute atomic E-state index is 0.242. The van der Waals surface area contributed by atoms with Crippen molar-refractivity contribution in [2.45, 2.75) is 104 Å². The van der Waals surface area contributed by atoms with Gasteiger partial charge >= 0.3 is 6.09 Å². The summed E-state index contributed by atoms with van der Waals surface area (Å²) in [5.74, 6) is -0.0109. The number of anilines is 1. The third-order valence-corrected chi connectivity index (χ3v) is 7.78. The number of rotatable bonds is 16. The zero-order valence-electron chi connectivity index (χ0n) is 29.2. The van der Waals surface area contributed by atoms with Crippen LogP contribution in [0.3, 0.4) is 0 Å². The molecule has 0 radical (unpaired) electrons. The number of carbonyl (C=O) groups excluding carboxylic acids is 3. The lowest BCUT2D eigenvalue weighted by atomic mass is 9.97. The number of carbonyl (C=O) groups is 3. The Labute approximate surface area is 281 Å². The number of hydrogen-bond donors (Lipinski definition) is 2. The second kappa shape index (κ2) is 18.1. The van der Waals surface area contributed by atoms with Crippen LogP contribution in [0.1, 0.15) is 94.5 Å².